The molecule has 0 spiro atoms. The molecule has 0 saturated heterocycles. The molecule has 2 aromatic rings. The zero-order valence-corrected chi connectivity index (χ0v) is 12.8. The highest BCUT2D eigenvalue weighted by Gasteiger charge is 2.14. The average molecular weight is 331 g/mol. The van der Waals surface area contributed by atoms with E-state index in [-0.39, 0.29) is 6.04 Å². The fourth-order valence-electron chi connectivity index (χ4n) is 1.89. The molecule has 4 heteroatoms. The molecule has 0 radical (unpaired) electrons. The van der Waals surface area contributed by atoms with Crippen LogP contribution in [-0.4, -0.2) is 0 Å². The molecule has 1 nitrogen and oxygen atoms in total. The monoisotopic (exact) mass is 329 g/mol. The van der Waals surface area contributed by atoms with E-state index in [1.165, 1.54) is 4.88 Å². The molecule has 0 aliphatic rings. The van der Waals surface area contributed by atoms with Gasteiger partial charge in [-0.05, 0) is 64.7 Å². The van der Waals surface area contributed by atoms with Crippen molar-refractivity contribution in [1.82, 2.24) is 0 Å². The Morgan fingerprint density at radius 2 is 1.94 bits per heavy atom. The molecule has 2 N–H and O–H groups in total. The van der Waals surface area contributed by atoms with E-state index in [9.17, 15) is 0 Å². The van der Waals surface area contributed by atoms with Gasteiger partial charge in [0.25, 0.3) is 0 Å². The summed E-state index contributed by atoms with van der Waals surface area (Å²) in [6, 6.07) is 7.93. The highest BCUT2D eigenvalue weighted by Crippen LogP contribution is 2.33. The van der Waals surface area contributed by atoms with Crippen LogP contribution in [-0.2, 0) is 0 Å². The summed E-state index contributed by atoms with van der Waals surface area (Å²) in [5.74, 6) is 0. The van der Waals surface area contributed by atoms with Gasteiger partial charge in [0, 0.05) is 9.90 Å². The maximum absolute atomic E-state index is 6.30. The van der Waals surface area contributed by atoms with Crippen LogP contribution in [0.25, 0.3) is 0 Å². The fourth-order valence-corrected chi connectivity index (χ4v) is 3.95. The molecule has 1 aromatic carbocycles. The SMILES string of the molecule is Cc1cc(Cl)cc(C(N)c2cc(Br)sc2C)c1. The molecule has 0 fully saturated rings. The number of hydrogen-bond acceptors (Lipinski definition) is 2. The van der Waals surface area contributed by atoms with Crippen molar-refractivity contribution in [3.05, 3.63) is 54.6 Å². The van der Waals surface area contributed by atoms with Gasteiger partial charge in [-0.3, -0.25) is 0 Å². The summed E-state index contributed by atoms with van der Waals surface area (Å²) in [6.07, 6.45) is 0. The summed E-state index contributed by atoms with van der Waals surface area (Å²) < 4.78 is 1.11. The highest BCUT2D eigenvalue weighted by atomic mass is 79.9. The molecule has 90 valence electrons. The van der Waals surface area contributed by atoms with E-state index in [0.29, 0.717) is 0 Å². The fraction of sp³-hybridized carbons (Fsp3) is 0.231. The van der Waals surface area contributed by atoms with Crippen LogP contribution >= 0.6 is 38.9 Å². The van der Waals surface area contributed by atoms with Gasteiger partial charge in [0.1, 0.15) is 0 Å². The van der Waals surface area contributed by atoms with Crippen LogP contribution < -0.4 is 5.73 Å². The predicted molar refractivity (Wildman–Crippen MR) is 79.0 cm³/mol. The molecule has 1 aromatic heterocycles. The van der Waals surface area contributed by atoms with Crippen LogP contribution in [0.1, 0.15) is 27.6 Å². The van der Waals surface area contributed by atoms with Crippen molar-refractivity contribution in [2.24, 2.45) is 5.73 Å². The number of hydrogen-bond donors (Lipinski definition) is 1. The van der Waals surface area contributed by atoms with Crippen molar-refractivity contribution in [2.75, 3.05) is 0 Å². The van der Waals surface area contributed by atoms with Gasteiger partial charge in [-0.15, -0.1) is 11.3 Å². The standard InChI is InChI=1S/C13H13BrClNS/c1-7-3-9(5-10(15)4-7)13(16)11-6-12(14)17-8(11)2/h3-6,13H,16H2,1-2H3. The summed E-state index contributed by atoms with van der Waals surface area (Å²) in [4.78, 5) is 1.24. The zero-order valence-electron chi connectivity index (χ0n) is 9.63. The number of benzene rings is 1. The van der Waals surface area contributed by atoms with Gasteiger partial charge >= 0.3 is 0 Å². The Balaban J connectivity index is 2.43. The molecule has 2 rings (SSSR count). The third-order valence-electron chi connectivity index (χ3n) is 2.68. The van der Waals surface area contributed by atoms with Crippen molar-refractivity contribution >= 4 is 38.9 Å². The van der Waals surface area contributed by atoms with Crippen LogP contribution in [0.5, 0.6) is 0 Å². The molecule has 0 bridgehead atoms. The van der Waals surface area contributed by atoms with E-state index in [1.807, 2.05) is 19.1 Å². The minimum atomic E-state index is -0.116. The van der Waals surface area contributed by atoms with Gasteiger partial charge in [0.05, 0.1) is 9.83 Å². The summed E-state index contributed by atoms with van der Waals surface area (Å²) in [6.45, 7) is 4.11. The lowest BCUT2D eigenvalue weighted by atomic mass is 9.99. The Labute approximate surface area is 119 Å². The second-order valence-corrected chi connectivity index (χ2v) is 7.17. The molecule has 0 saturated carbocycles. The lowest BCUT2D eigenvalue weighted by Gasteiger charge is -2.13. The quantitative estimate of drug-likeness (QED) is 0.838. The van der Waals surface area contributed by atoms with Gasteiger partial charge in [0.2, 0.25) is 0 Å². The van der Waals surface area contributed by atoms with Gasteiger partial charge in [-0.2, -0.15) is 0 Å². The average Bonchev–Trinajstić information content (AvgIpc) is 2.55. The third-order valence-corrected chi connectivity index (χ3v) is 4.47. The summed E-state index contributed by atoms with van der Waals surface area (Å²) in [7, 11) is 0. The van der Waals surface area contributed by atoms with Gasteiger partial charge in [-0.25, -0.2) is 0 Å². The third kappa shape index (κ3) is 2.91. The Hall–Kier alpha value is -0.350. The molecular formula is C13H13BrClNS. The molecule has 1 heterocycles. The molecule has 1 unspecified atom stereocenters. The highest BCUT2D eigenvalue weighted by molar-refractivity contribution is 9.11. The molecular weight excluding hydrogens is 318 g/mol. The van der Waals surface area contributed by atoms with Crippen molar-refractivity contribution < 1.29 is 0 Å². The maximum atomic E-state index is 6.30. The van der Waals surface area contributed by atoms with E-state index < -0.39 is 0 Å². The van der Waals surface area contributed by atoms with Crippen molar-refractivity contribution in [3.8, 4) is 0 Å². The topological polar surface area (TPSA) is 26.0 Å². The normalized spacial score (nSPS) is 12.8. The second kappa shape index (κ2) is 5.11. The Morgan fingerprint density at radius 3 is 2.47 bits per heavy atom. The Bertz CT molecular complexity index is 530. The maximum Gasteiger partial charge on any atom is 0.0704 e. The summed E-state index contributed by atoms with van der Waals surface area (Å²) in [5.41, 5.74) is 9.64. The van der Waals surface area contributed by atoms with E-state index >= 15 is 0 Å². The van der Waals surface area contributed by atoms with E-state index in [0.717, 1.165) is 25.5 Å². The first kappa shape index (κ1) is 13.1. The minimum Gasteiger partial charge on any atom is -0.320 e. The van der Waals surface area contributed by atoms with Crippen molar-refractivity contribution in [2.45, 2.75) is 19.9 Å². The first-order valence-corrected chi connectivity index (χ1v) is 7.24. The summed E-state index contributed by atoms with van der Waals surface area (Å²) >= 11 is 11.3. The smallest absolute Gasteiger partial charge is 0.0704 e. The van der Waals surface area contributed by atoms with Crippen LogP contribution in [0.4, 0.5) is 0 Å². The molecule has 1 atom stereocenters. The minimum absolute atomic E-state index is 0.116. The van der Waals surface area contributed by atoms with E-state index in [2.05, 4.69) is 35.0 Å². The van der Waals surface area contributed by atoms with Crippen molar-refractivity contribution in [1.29, 1.82) is 0 Å². The number of halogens is 2. The van der Waals surface area contributed by atoms with Crippen LogP contribution in [0.2, 0.25) is 5.02 Å². The first-order chi connectivity index (χ1) is 7.97. The summed E-state index contributed by atoms with van der Waals surface area (Å²) in [5, 5.41) is 0.738. The Morgan fingerprint density at radius 1 is 1.24 bits per heavy atom. The van der Waals surface area contributed by atoms with Crippen LogP contribution in [0.3, 0.4) is 0 Å². The van der Waals surface area contributed by atoms with Crippen molar-refractivity contribution in [3.63, 3.8) is 0 Å². The number of aryl methyl sites for hydroxylation is 2. The molecule has 0 aliphatic carbocycles. The number of nitrogens with two attached hydrogens (primary N) is 1. The number of rotatable bonds is 2. The van der Waals surface area contributed by atoms with Gasteiger partial charge in [0.15, 0.2) is 0 Å². The van der Waals surface area contributed by atoms with E-state index in [4.69, 9.17) is 17.3 Å². The zero-order chi connectivity index (χ0) is 12.6. The molecule has 0 amide bonds. The second-order valence-electron chi connectivity index (χ2n) is 4.10. The molecule has 0 aliphatic heterocycles. The van der Waals surface area contributed by atoms with E-state index in [1.54, 1.807) is 11.3 Å². The van der Waals surface area contributed by atoms with Crippen LogP contribution in [0.15, 0.2) is 28.1 Å². The van der Waals surface area contributed by atoms with Gasteiger partial charge < -0.3 is 5.73 Å². The van der Waals surface area contributed by atoms with Crippen LogP contribution in [0, 0.1) is 13.8 Å². The first-order valence-electron chi connectivity index (χ1n) is 5.26. The Kier molecular flexibility index (Phi) is 3.93. The number of thiophene rings is 1. The lowest BCUT2D eigenvalue weighted by Crippen LogP contribution is -2.12. The molecule has 17 heavy (non-hydrogen) atoms. The predicted octanol–water partition coefficient (Wildman–Crippen LogP) is 4.83. The lowest BCUT2D eigenvalue weighted by molar-refractivity contribution is 0.867. The largest absolute Gasteiger partial charge is 0.320 e. The van der Waals surface area contributed by atoms with Gasteiger partial charge in [-0.1, -0.05) is 17.7 Å².